The molecule has 1 atom stereocenters. The first-order valence-electron chi connectivity index (χ1n) is 9.63. The summed E-state index contributed by atoms with van der Waals surface area (Å²) < 4.78 is 5.25. The summed E-state index contributed by atoms with van der Waals surface area (Å²) in [7, 11) is 1.67. The fourth-order valence-electron chi connectivity index (χ4n) is 3.96. The number of hydrogen-bond acceptors (Lipinski definition) is 4. The molecule has 2 aromatic carbocycles. The summed E-state index contributed by atoms with van der Waals surface area (Å²) in [5.41, 5.74) is 4.89. The molecule has 2 aliphatic heterocycles. The van der Waals surface area contributed by atoms with Gasteiger partial charge in [0.25, 0.3) is 0 Å². The van der Waals surface area contributed by atoms with E-state index in [-0.39, 0.29) is 12.1 Å². The average Bonchev–Trinajstić information content (AvgIpc) is 3.17. The van der Waals surface area contributed by atoms with Gasteiger partial charge >= 0.3 is 0 Å². The van der Waals surface area contributed by atoms with E-state index in [2.05, 4.69) is 41.8 Å². The van der Waals surface area contributed by atoms with Gasteiger partial charge < -0.3 is 20.3 Å². The number of hydrogen-bond donors (Lipinski definition) is 2. The predicted octanol–water partition coefficient (Wildman–Crippen LogP) is 4.66. The van der Waals surface area contributed by atoms with Crippen molar-refractivity contribution in [1.29, 1.82) is 0 Å². The molecule has 0 bridgehead atoms. The van der Waals surface area contributed by atoms with Gasteiger partial charge in [-0.1, -0.05) is 25.5 Å². The van der Waals surface area contributed by atoms with Crippen molar-refractivity contribution in [3.63, 3.8) is 0 Å². The first kappa shape index (κ1) is 17.7. The van der Waals surface area contributed by atoms with Crippen molar-refractivity contribution in [1.82, 2.24) is 0 Å². The highest BCUT2D eigenvalue weighted by atomic mass is 16.5. The quantitative estimate of drug-likeness (QED) is 0.809. The smallest absolute Gasteiger partial charge is 0.237 e. The minimum Gasteiger partial charge on any atom is -0.497 e. The zero-order valence-corrected chi connectivity index (χ0v) is 16.4. The minimum absolute atomic E-state index is 0.0105. The molecule has 0 fully saturated rings. The molecule has 5 nitrogen and oxygen atoms in total. The number of benzene rings is 2. The van der Waals surface area contributed by atoms with Crippen LogP contribution in [0, 0.1) is 0 Å². The monoisotopic (exact) mass is 365 g/mol. The summed E-state index contributed by atoms with van der Waals surface area (Å²) in [6, 6.07) is 12.3. The second-order valence-corrected chi connectivity index (χ2v) is 7.85. The number of ether oxygens (including phenoxy) is 1. The van der Waals surface area contributed by atoms with Crippen molar-refractivity contribution in [2.45, 2.75) is 45.2 Å². The second kappa shape index (κ2) is 6.48. The number of fused-ring (bicyclic) bond motifs is 2. The van der Waals surface area contributed by atoms with Crippen LogP contribution < -0.4 is 20.3 Å². The van der Waals surface area contributed by atoms with Gasteiger partial charge in [-0.2, -0.15) is 0 Å². The fourth-order valence-corrected chi connectivity index (χ4v) is 3.96. The number of unbranched alkanes of at least 4 members (excludes halogenated alkanes) is 1. The molecule has 0 spiro atoms. The molecule has 4 rings (SSSR count). The van der Waals surface area contributed by atoms with E-state index in [1.165, 1.54) is 0 Å². The lowest BCUT2D eigenvalue weighted by Crippen LogP contribution is -2.36. The second-order valence-electron chi connectivity index (χ2n) is 7.85. The topological polar surface area (TPSA) is 53.6 Å². The maximum atomic E-state index is 12.9. The molecule has 2 aliphatic rings. The zero-order chi connectivity index (χ0) is 19.2. The first-order valence-corrected chi connectivity index (χ1v) is 9.63. The highest BCUT2D eigenvalue weighted by molar-refractivity contribution is 6.09. The molecule has 5 heteroatoms. The Morgan fingerprint density at radius 3 is 2.41 bits per heavy atom. The van der Waals surface area contributed by atoms with Crippen molar-refractivity contribution in [2.24, 2.45) is 0 Å². The van der Waals surface area contributed by atoms with Crippen LogP contribution in [-0.4, -0.2) is 19.6 Å². The van der Waals surface area contributed by atoms with E-state index < -0.39 is 5.41 Å². The lowest BCUT2D eigenvalue weighted by Gasteiger charge is -2.20. The maximum Gasteiger partial charge on any atom is 0.237 e. The van der Waals surface area contributed by atoms with Gasteiger partial charge in [0.1, 0.15) is 11.9 Å². The van der Waals surface area contributed by atoms with E-state index >= 15 is 0 Å². The van der Waals surface area contributed by atoms with Gasteiger partial charge in [0.15, 0.2) is 0 Å². The summed E-state index contributed by atoms with van der Waals surface area (Å²) in [6.45, 7) is 6.98. The zero-order valence-electron chi connectivity index (χ0n) is 16.4. The first-order chi connectivity index (χ1) is 13.0. The Labute approximate surface area is 160 Å². The predicted molar refractivity (Wildman–Crippen MR) is 110 cm³/mol. The largest absolute Gasteiger partial charge is 0.497 e. The van der Waals surface area contributed by atoms with Crippen molar-refractivity contribution < 1.29 is 9.53 Å². The standard InChI is InChI=1S/C22H27N3O2/c1-5-6-11-25-19-13-18-17(12-16(19)22(2,3)21(25)26)23-20(24-18)14-7-9-15(27-4)10-8-14/h7-10,12-13,20,23-24H,5-6,11H2,1-4H3. The highest BCUT2D eigenvalue weighted by Gasteiger charge is 2.44. The molecule has 142 valence electrons. The fraction of sp³-hybridized carbons (Fsp3) is 0.409. The third-order valence-corrected chi connectivity index (χ3v) is 5.66. The molecule has 2 heterocycles. The van der Waals surface area contributed by atoms with Crippen LogP contribution in [0.3, 0.4) is 0 Å². The number of methoxy groups -OCH3 is 1. The van der Waals surface area contributed by atoms with Crippen LogP contribution >= 0.6 is 0 Å². The Bertz CT molecular complexity index is 874. The Morgan fingerprint density at radius 2 is 1.78 bits per heavy atom. The van der Waals surface area contributed by atoms with Crippen LogP contribution in [0.5, 0.6) is 5.75 Å². The van der Waals surface area contributed by atoms with Gasteiger partial charge in [0.2, 0.25) is 5.91 Å². The highest BCUT2D eigenvalue weighted by Crippen LogP contribution is 2.48. The molecule has 0 saturated carbocycles. The Kier molecular flexibility index (Phi) is 4.25. The van der Waals surface area contributed by atoms with Gasteiger partial charge in [-0.25, -0.2) is 0 Å². The SMILES string of the molecule is CCCCN1C(=O)C(C)(C)c2cc3c(cc21)NC(c1ccc(OC)cc1)N3. The van der Waals surface area contributed by atoms with E-state index in [0.717, 1.165) is 53.3 Å². The van der Waals surface area contributed by atoms with Crippen LogP contribution in [0.4, 0.5) is 17.1 Å². The van der Waals surface area contributed by atoms with Crippen LogP contribution in [0.2, 0.25) is 0 Å². The van der Waals surface area contributed by atoms with E-state index in [1.54, 1.807) is 7.11 Å². The molecule has 2 N–H and O–H groups in total. The summed E-state index contributed by atoms with van der Waals surface area (Å²) in [4.78, 5) is 14.9. The van der Waals surface area contributed by atoms with Gasteiger partial charge in [-0.15, -0.1) is 0 Å². The number of anilines is 3. The third-order valence-electron chi connectivity index (χ3n) is 5.66. The van der Waals surface area contributed by atoms with E-state index in [9.17, 15) is 4.79 Å². The normalized spacial score (nSPS) is 19.3. The molecule has 0 aliphatic carbocycles. The average molecular weight is 365 g/mol. The molecular weight excluding hydrogens is 338 g/mol. The van der Waals surface area contributed by atoms with Crippen molar-refractivity contribution in [2.75, 3.05) is 29.2 Å². The summed E-state index contributed by atoms with van der Waals surface area (Å²) in [5, 5.41) is 7.09. The van der Waals surface area contributed by atoms with Crippen molar-refractivity contribution in [3.05, 3.63) is 47.5 Å². The number of carbonyl (C=O) groups excluding carboxylic acids is 1. The van der Waals surface area contributed by atoms with Gasteiger partial charge in [0, 0.05) is 6.54 Å². The van der Waals surface area contributed by atoms with Crippen LogP contribution in [0.25, 0.3) is 0 Å². The summed E-state index contributed by atoms with van der Waals surface area (Å²) >= 11 is 0. The number of amides is 1. The molecule has 0 aromatic heterocycles. The molecule has 0 saturated heterocycles. The lowest BCUT2D eigenvalue weighted by molar-refractivity contribution is -0.122. The van der Waals surface area contributed by atoms with Gasteiger partial charge in [-0.3, -0.25) is 4.79 Å². The number of carbonyl (C=O) groups is 1. The molecule has 27 heavy (non-hydrogen) atoms. The van der Waals surface area contributed by atoms with E-state index in [0.29, 0.717) is 0 Å². The number of nitrogens with one attached hydrogen (secondary N) is 2. The minimum atomic E-state index is -0.488. The van der Waals surface area contributed by atoms with Crippen LogP contribution in [0.15, 0.2) is 36.4 Å². The lowest BCUT2D eigenvalue weighted by atomic mass is 9.86. The maximum absolute atomic E-state index is 12.9. The summed E-state index contributed by atoms with van der Waals surface area (Å²) in [6.07, 6.45) is 2.10. The van der Waals surface area contributed by atoms with E-state index in [4.69, 9.17) is 4.74 Å². The van der Waals surface area contributed by atoms with E-state index in [1.807, 2.05) is 30.9 Å². The Morgan fingerprint density at radius 1 is 1.11 bits per heavy atom. The molecule has 1 unspecified atom stereocenters. The Hall–Kier alpha value is -2.69. The van der Waals surface area contributed by atoms with Crippen molar-refractivity contribution in [3.8, 4) is 5.75 Å². The van der Waals surface area contributed by atoms with Crippen molar-refractivity contribution >= 4 is 23.0 Å². The van der Waals surface area contributed by atoms with Gasteiger partial charge in [0.05, 0.1) is 29.6 Å². The number of rotatable bonds is 5. The third kappa shape index (κ3) is 2.82. The van der Waals surface area contributed by atoms with Gasteiger partial charge in [-0.05, 0) is 55.7 Å². The number of nitrogens with zero attached hydrogens (tertiary/aromatic N) is 1. The van der Waals surface area contributed by atoms with Crippen LogP contribution in [0.1, 0.15) is 50.9 Å². The molecular formula is C22H27N3O2. The van der Waals surface area contributed by atoms with Crippen LogP contribution in [-0.2, 0) is 10.2 Å². The summed E-state index contributed by atoms with van der Waals surface area (Å²) in [5.74, 6) is 1.04. The molecule has 0 radical (unpaired) electrons. The molecule has 1 amide bonds. The Balaban J connectivity index is 1.65. The molecule has 2 aromatic rings.